The zero-order valence-corrected chi connectivity index (χ0v) is 12.4. The second kappa shape index (κ2) is 5.87. The van der Waals surface area contributed by atoms with Crippen molar-refractivity contribution in [1.29, 1.82) is 0 Å². The van der Waals surface area contributed by atoms with E-state index in [-0.39, 0.29) is 17.2 Å². The molecule has 1 aromatic rings. The Labute approximate surface area is 116 Å². The summed E-state index contributed by atoms with van der Waals surface area (Å²) in [5.74, 6) is 0.286. The Morgan fingerprint density at radius 2 is 1.79 bits per heavy atom. The first-order valence-corrected chi connectivity index (χ1v) is 7.39. The van der Waals surface area contributed by atoms with Crippen LogP contribution >= 0.6 is 0 Å². The molecule has 1 unspecified atom stereocenters. The van der Waals surface area contributed by atoms with Crippen LogP contribution in [0, 0.1) is 5.41 Å². The van der Waals surface area contributed by atoms with Gasteiger partial charge in [0.15, 0.2) is 5.78 Å². The lowest BCUT2D eigenvalue weighted by molar-refractivity contribution is 0.0620. The van der Waals surface area contributed by atoms with Crippen molar-refractivity contribution in [3.63, 3.8) is 0 Å². The third kappa shape index (κ3) is 3.06. The summed E-state index contributed by atoms with van der Waals surface area (Å²) in [5.41, 5.74) is 0.873. The van der Waals surface area contributed by atoms with Gasteiger partial charge in [0, 0.05) is 5.56 Å². The summed E-state index contributed by atoms with van der Waals surface area (Å²) in [6.45, 7) is 8.74. The highest BCUT2D eigenvalue weighted by Gasteiger charge is 2.39. The number of likely N-dealkylation sites (tertiary alicyclic amines) is 1. The van der Waals surface area contributed by atoms with Crippen molar-refractivity contribution in [2.24, 2.45) is 5.41 Å². The van der Waals surface area contributed by atoms with E-state index in [1.165, 1.54) is 12.8 Å². The van der Waals surface area contributed by atoms with Gasteiger partial charge in [-0.25, -0.2) is 0 Å². The summed E-state index contributed by atoms with van der Waals surface area (Å²) in [5, 5.41) is 0. The van der Waals surface area contributed by atoms with E-state index in [0.717, 1.165) is 25.1 Å². The number of Topliss-reactive ketones (excluding diaryl/α,β-unsaturated/α-hetero) is 1. The van der Waals surface area contributed by atoms with E-state index < -0.39 is 0 Å². The minimum absolute atomic E-state index is 0.0161. The van der Waals surface area contributed by atoms with Gasteiger partial charge in [-0.3, -0.25) is 9.69 Å². The number of ketones is 1. The third-order valence-corrected chi connectivity index (χ3v) is 4.46. The number of benzene rings is 1. The number of rotatable bonds is 5. The van der Waals surface area contributed by atoms with Crippen LogP contribution in [-0.2, 0) is 0 Å². The highest BCUT2D eigenvalue weighted by atomic mass is 16.1. The van der Waals surface area contributed by atoms with Crippen molar-refractivity contribution < 1.29 is 4.79 Å². The second-order valence-electron chi connectivity index (χ2n) is 6.22. The minimum atomic E-state index is 0.0161. The molecule has 1 saturated heterocycles. The average molecular weight is 259 g/mol. The van der Waals surface area contributed by atoms with Gasteiger partial charge < -0.3 is 0 Å². The molecule has 1 aromatic carbocycles. The van der Waals surface area contributed by atoms with E-state index in [1.54, 1.807) is 0 Å². The SMILES string of the molecule is CCC(C)(C)C(C(=O)c1ccccc1)N1CCCC1. The molecular weight excluding hydrogens is 234 g/mol. The summed E-state index contributed by atoms with van der Waals surface area (Å²) in [6.07, 6.45) is 3.46. The highest BCUT2D eigenvalue weighted by Crippen LogP contribution is 2.33. The van der Waals surface area contributed by atoms with E-state index in [4.69, 9.17) is 0 Å². The van der Waals surface area contributed by atoms with Crippen LogP contribution in [0.25, 0.3) is 0 Å². The van der Waals surface area contributed by atoms with Crippen molar-refractivity contribution in [1.82, 2.24) is 4.90 Å². The van der Waals surface area contributed by atoms with Gasteiger partial charge in [0.05, 0.1) is 6.04 Å². The Bertz CT molecular complexity index is 418. The van der Waals surface area contributed by atoms with Crippen LogP contribution in [0.15, 0.2) is 30.3 Å². The van der Waals surface area contributed by atoms with Crippen molar-refractivity contribution in [2.45, 2.75) is 46.1 Å². The Kier molecular flexibility index (Phi) is 4.41. The topological polar surface area (TPSA) is 20.3 Å². The van der Waals surface area contributed by atoms with Gasteiger partial charge in [0.25, 0.3) is 0 Å². The van der Waals surface area contributed by atoms with Gasteiger partial charge in [0.2, 0.25) is 0 Å². The maximum Gasteiger partial charge on any atom is 0.180 e. The number of hydrogen-bond acceptors (Lipinski definition) is 2. The molecule has 1 fully saturated rings. The largest absolute Gasteiger partial charge is 0.293 e. The quantitative estimate of drug-likeness (QED) is 0.750. The zero-order valence-electron chi connectivity index (χ0n) is 12.4. The molecule has 2 heteroatoms. The molecule has 0 aromatic heterocycles. The van der Waals surface area contributed by atoms with Crippen molar-refractivity contribution in [3.05, 3.63) is 35.9 Å². The van der Waals surface area contributed by atoms with Crippen LogP contribution in [0.1, 0.15) is 50.4 Å². The Morgan fingerprint density at radius 3 is 2.32 bits per heavy atom. The van der Waals surface area contributed by atoms with Crippen molar-refractivity contribution in [3.8, 4) is 0 Å². The van der Waals surface area contributed by atoms with E-state index in [2.05, 4.69) is 25.7 Å². The fourth-order valence-corrected chi connectivity index (χ4v) is 2.97. The maximum atomic E-state index is 12.9. The standard InChI is InChI=1S/C17H25NO/c1-4-17(2,3)16(18-12-8-9-13-18)15(19)14-10-6-5-7-11-14/h5-7,10-11,16H,4,8-9,12-13H2,1-3H3. The fraction of sp³-hybridized carbons (Fsp3) is 0.588. The smallest absolute Gasteiger partial charge is 0.180 e. The van der Waals surface area contributed by atoms with Gasteiger partial charge in [-0.1, -0.05) is 51.1 Å². The minimum Gasteiger partial charge on any atom is -0.293 e. The summed E-state index contributed by atoms with van der Waals surface area (Å²) in [4.78, 5) is 15.3. The number of nitrogens with zero attached hydrogens (tertiary/aromatic N) is 1. The van der Waals surface area contributed by atoms with Crippen molar-refractivity contribution in [2.75, 3.05) is 13.1 Å². The lowest BCUT2D eigenvalue weighted by Gasteiger charge is -2.38. The van der Waals surface area contributed by atoms with E-state index in [1.807, 2.05) is 30.3 Å². The first-order chi connectivity index (χ1) is 9.06. The van der Waals surface area contributed by atoms with E-state index in [0.29, 0.717) is 0 Å². The number of carbonyl (C=O) groups excluding carboxylic acids is 1. The Hall–Kier alpha value is -1.15. The van der Waals surface area contributed by atoms with Crippen molar-refractivity contribution >= 4 is 5.78 Å². The molecule has 0 amide bonds. The number of hydrogen-bond donors (Lipinski definition) is 0. The molecule has 0 aliphatic carbocycles. The summed E-state index contributed by atoms with van der Waals surface area (Å²) in [6, 6.07) is 9.77. The lowest BCUT2D eigenvalue weighted by Crippen LogP contribution is -2.49. The summed E-state index contributed by atoms with van der Waals surface area (Å²) in [7, 11) is 0. The van der Waals surface area contributed by atoms with E-state index in [9.17, 15) is 4.79 Å². The van der Waals surface area contributed by atoms with Crippen LogP contribution in [0.3, 0.4) is 0 Å². The Morgan fingerprint density at radius 1 is 1.21 bits per heavy atom. The molecule has 0 radical (unpaired) electrons. The molecule has 1 aliphatic heterocycles. The first-order valence-electron chi connectivity index (χ1n) is 7.39. The predicted octanol–water partition coefficient (Wildman–Crippen LogP) is 3.77. The Balaban J connectivity index is 2.29. The van der Waals surface area contributed by atoms with Gasteiger partial charge in [-0.05, 0) is 37.8 Å². The highest BCUT2D eigenvalue weighted by molar-refractivity contribution is 6.00. The van der Waals surface area contributed by atoms with Gasteiger partial charge in [-0.15, -0.1) is 0 Å². The molecule has 104 valence electrons. The molecule has 1 heterocycles. The number of carbonyl (C=O) groups is 1. The molecule has 0 bridgehead atoms. The van der Waals surface area contributed by atoms with Gasteiger partial charge in [-0.2, -0.15) is 0 Å². The molecule has 0 spiro atoms. The van der Waals surface area contributed by atoms with Gasteiger partial charge >= 0.3 is 0 Å². The zero-order chi connectivity index (χ0) is 13.9. The molecule has 0 N–H and O–H groups in total. The third-order valence-electron chi connectivity index (χ3n) is 4.46. The van der Waals surface area contributed by atoms with Crippen LogP contribution in [-0.4, -0.2) is 29.8 Å². The van der Waals surface area contributed by atoms with Crippen LogP contribution in [0.4, 0.5) is 0 Å². The molecule has 0 saturated carbocycles. The van der Waals surface area contributed by atoms with Crippen LogP contribution < -0.4 is 0 Å². The monoisotopic (exact) mass is 259 g/mol. The lowest BCUT2D eigenvalue weighted by atomic mass is 9.77. The van der Waals surface area contributed by atoms with Gasteiger partial charge in [0.1, 0.15) is 0 Å². The molecular formula is C17H25NO. The summed E-state index contributed by atoms with van der Waals surface area (Å²) < 4.78 is 0. The van der Waals surface area contributed by atoms with Crippen LogP contribution in [0.2, 0.25) is 0 Å². The summed E-state index contributed by atoms with van der Waals surface area (Å²) >= 11 is 0. The predicted molar refractivity (Wildman–Crippen MR) is 79.4 cm³/mol. The first kappa shape index (κ1) is 14.3. The molecule has 1 atom stereocenters. The molecule has 19 heavy (non-hydrogen) atoms. The molecule has 1 aliphatic rings. The maximum absolute atomic E-state index is 12.9. The van der Waals surface area contributed by atoms with E-state index >= 15 is 0 Å². The average Bonchev–Trinajstić information content (AvgIpc) is 2.93. The molecule has 2 nitrogen and oxygen atoms in total. The van der Waals surface area contributed by atoms with Crippen LogP contribution in [0.5, 0.6) is 0 Å². The second-order valence-corrected chi connectivity index (χ2v) is 6.22. The molecule has 2 rings (SSSR count). The normalized spacial score (nSPS) is 18.5. The fourth-order valence-electron chi connectivity index (χ4n) is 2.97.